The first-order valence-corrected chi connectivity index (χ1v) is 9.35. The molecule has 1 saturated carbocycles. The molecule has 1 aromatic heterocycles. The molecule has 0 spiro atoms. The van der Waals surface area contributed by atoms with Gasteiger partial charge >= 0.3 is 6.03 Å². The number of methoxy groups -OCH3 is 1. The van der Waals surface area contributed by atoms with Crippen LogP contribution in [0.2, 0.25) is 10.0 Å². The van der Waals surface area contributed by atoms with Crippen LogP contribution in [-0.2, 0) is 0 Å². The van der Waals surface area contributed by atoms with Crippen LogP contribution in [0.5, 0.6) is 11.8 Å². The molecule has 7 nitrogen and oxygen atoms in total. The lowest BCUT2D eigenvalue weighted by molar-refractivity contribution is 0.129. The molecule has 0 bridgehead atoms. The Kier molecular flexibility index (Phi) is 6.58. The third-order valence-electron chi connectivity index (χ3n) is 4.29. The number of hydrogen-bond acceptors (Lipinski definition) is 5. The van der Waals surface area contributed by atoms with Gasteiger partial charge in [-0.05, 0) is 43.9 Å². The average Bonchev–Trinajstić information content (AvgIpc) is 2.67. The maximum absolute atomic E-state index is 12.2. The van der Waals surface area contributed by atoms with Crippen LogP contribution in [0.4, 0.5) is 10.5 Å². The molecule has 0 unspecified atom stereocenters. The number of urea groups is 1. The Labute approximate surface area is 167 Å². The van der Waals surface area contributed by atoms with Crippen LogP contribution >= 0.6 is 23.2 Å². The minimum absolute atomic E-state index is 0.0202. The molecule has 27 heavy (non-hydrogen) atoms. The molecule has 1 fully saturated rings. The number of hydrogen-bond donors (Lipinski definition) is 2. The summed E-state index contributed by atoms with van der Waals surface area (Å²) in [4.78, 5) is 20.4. The van der Waals surface area contributed by atoms with Gasteiger partial charge in [-0.2, -0.15) is 0 Å². The lowest BCUT2D eigenvalue weighted by Crippen LogP contribution is -2.41. The van der Waals surface area contributed by atoms with Gasteiger partial charge in [-0.1, -0.05) is 23.2 Å². The smallest absolute Gasteiger partial charge is 0.319 e. The van der Waals surface area contributed by atoms with Gasteiger partial charge in [0.15, 0.2) is 0 Å². The summed E-state index contributed by atoms with van der Waals surface area (Å²) in [6.45, 7) is 0. The summed E-state index contributed by atoms with van der Waals surface area (Å²) in [5.74, 6) is 0.771. The molecule has 2 aromatic rings. The van der Waals surface area contributed by atoms with E-state index in [9.17, 15) is 4.79 Å². The molecule has 1 aliphatic carbocycles. The first-order chi connectivity index (χ1) is 13.0. The highest BCUT2D eigenvalue weighted by molar-refractivity contribution is 6.42. The van der Waals surface area contributed by atoms with Crippen molar-refractivity contribution in [1.29, 1.82) is 0 Å². The minimum Gasteiger partial charge on any atom is -0.477 e. The fourth-order valence-corrected chi connectivity index (χ4v) is 3.24. The third kappa shape index (κ3) is 5.37. The predicted octanol–water partition coefficient (Wildman–Crippen LogP) is 4.30. The van der Waals surface area contributed by atoms with Crippen LogP contribution in [0, 0.1) is 0 Å². The molecule has 2 amide bonds. The van der Waals surface area contributed by atoms with Crippen molar-refractivity contribution < 1.29 is 14.3 Å². The van der Waals surface area contributed by atoms with Gasteiger partial charge in [0.05, 0.1) is 17.2 Å². The molecule has 1 aliphatic rings. The Bertz CT molecular complexity index is 798. The van der Waals surface area contributed by atoms with E-state index in [-0.39, 0.29) is 18.2 Å². The van der Waals surface area contributed by atoms with Crippen molar-refractivity contribution in [3.05, 3.63) is 40.6 Å². The number of nitrogens with one attached hydrogen (secondary N) is 2. The average molecular weight is 411 g/mol. The summed E-state index contributed by atoms with van der Waals surface area (Å²) in [7, 11) is 1.53. The first kappa shape index (κ1) is 19.5. The molecule has 0 radical (unpaired) electrons. The van der Waals surface area contributed by atoms with Crippen LogP contribution in [0.15, 0.2) is 30.6 Å². The molecule has 0 aliphatic heterocycles. The van der Waals surface area contributed by atoms with Crippen LogP contribution < -0.4 is 20.1 Å². The van der Waals surface area contributed by atoms with Gasteiger partial charge < -0.3 is 20.1 Å². The molecule has 3 rings (SSSR count). The molecule has 0 saturated heterocycles. The van der Waals surface area contributed by atoms with E-state index in [1.165, 1.54) is 7.11 Å². The van der Waals surface area contributed by atoms with Crippen molar-refractivity contribution in [3.8, 4) is 11.8 Å². The Morgan fingerprint density at radius 1 is 1.07 bits per heavy atom. The topological polar surface area (TPSA) is 85.4 Å². The Balaban J connectivity index is 1.46. The van der Waals surface area contributed by atoms with Gasteiger partial charge in [0.1, 0.15) is 6.10 Å². The lowest BCUT2D eigenvalue weighted by Gasteiger charge is -2.29. The normalized spacial score (nSPS) is 19.2. The van der Waals surface area contributed by atoms with Crippen molar-refractivity contribution >= 4 is 34.9 Å². The summed E-state index contributed by atoms with van der Waals surface area (Å²) in [5.41, 5.74) is 0.591. The van der Waals surface area contributed by atoms with Gasteiger partial charge in [0.25, 0.3) is 11.8 Å². The van der Waals surface area contributed by atoms with Gasteiger partial charge in [0, 0.05) is 24.1 Å². The van der Waals surface area contributed by atoms with Crippen LogP contribution in [0.1, 0.15) is 25.7 Å². The molecular formula is C18H20Cl2N4O3. The lowest BCUT2D eigenvalue weighted by atomic mass is 9.93. The van der Waals surface area contributed by atoms with Gasteiger partial charge in [0.2, 0.25) is 0 Å². The largest absolute Gasteiger partial charge is 0.477 e. The van der Waals surface area contributed by atoms with E-state index >= 15 is 0 Å². The number of carbonyl (C=O) groups is 1. The van der Waals surface area contributed by atoms with E-state index in [1.54, 1.807) is 30.6 Å². The van der Waals surface area contributed by atoms with E-state index in [2.05, 4.69) is 20.6 Å². The number of anilines is 1. The zero-order valence-corrected chi connectivity index (χ0v) is 16.3. The fourth-order valence-electron chi connectivity index (χ4n) is 2.94. The number of rotatable bonds is 5. The molecule has 1 heterocycles. The number of aromatic nitrogens is 2. The second-order valence-corrected chi connectivity index (χ2v) is 7.00. The van der Waals surface area contributed by atoms with Crippen LogP contribution in [0.3, 0.4) is 0 Å². The van der Waals surface area contributed by atoms with Crippen LogP contribution in [0.25, 0.3) is 0 Å². The van der Waals surface area contributed by atoms with Crippen molar-refractivity contribution in [1.82, 2.24) is 15.3 Å². The highest BCUT2D eigenvalue weighted by Crippen LogP contribution is 2.27. The number of nitrogens with zero attached hydrogens (tertiary/aromatic N) is 2. The number of halogens is 2. The predicted molar refractivity (Wildman–Crippen MR) is 104 cm³/mol. The highest BCUT2D eigenvalue weighted by atomic mass is 35.5. The zero-order chi connectivity index (χ0) is 19.2. The molecule has 1 aromatic carbocycles. The maximum atomic E-state index is 12.2. The van der Waals surface area contributed by atoms with Gasteiger partial charge in [-0.15, -0.1) is 0 Å². The summed E-state index contributed by atoms with van der Waals surface area (Å²) >= 11 is 11.8. The standard InChI is InChI=1S/C18H20Cl2N4O3/c1-26-16-17(22-9-8-21-16)27-13-5-2-11(3-6-13)23-18(25)24-12-4-7-14(19)15(20)10-12/h4,7-11,13H,2-3,5-6H2,1H3,(H2,23,24,25). The monoisotopic (exact) mass is 410 g/mol. The number of benzene rings is 1. The Hall–Kier alpha value is -2.25. The summed E-state index contributed by atoms with van der Waals surface area (Å²) in [6, 6.07) is 4.77. The zero-order valence-electron chi connectivity index (χ0n) is 14.7. The molecule has 0 atom stereocenters. The minimum atomic E-state index is -0.270. The summed E-state index contributed by atoms with van der Waals surface area (Å²) in [5, 5.41) is 6.58. The van der Waals surface area contributed by atoms with E-state index < -0.39 is 0 Å². The van der Waals surface area contributed by atoms with Crippen molar-refractivity contribution in [2.45, 2.75) is 37.8 Å². The molecule has 9 heteroatoms. The van der Waals surface area contributed by atoms with Crippen molar-refractivity contribution in [3.63, 3.8) is 0 Å². The third-order valence-corrected chi connectivity index (χ3v) is 5.03. The first-order valence-electron chi connectivity index (χ1n) is 8.59. The highest BCUT2D eigenvalue weighted by Gasteiger charge is 2.25. The Morgan fingerprint density at radius 3 is 2.44 bits per heavy atom. The fraction of sp³-hybridized carbons (Fsp3) is 0.389. The number of carbonyl (C=O) groups excluding carboxylic acids is 1. The molecule has 2 N–H and O–H groups in total. The van der Waals surface area contributed by atoms with E-state index in [1.807, 2.05) is 0 Å². The summed E-state index contributed by atoms with van der Waals surface area (Å²) in [6.07, 6.45) is 6.36. The van der Waals surface area contributed by atoms with E-state index in [0.29, 0.717) is 27.5 Å². The second kappa shape index (κ2) is 9.10. The van der Waals surface area contributed by atoms with Crippen molar-refractivity contribution in [2.24, 2.45) is 0 Å². The van der Waals surface area contributed by atoms with E-state index in [4.69, 9.17) is 32.7 Å². The molecular weight excluding hydrogens is 391 g/mol. The van der Waals surface area contributed by atoms with Gasteiger partial charge in [-0.25, -0.2) is 14.8 Å². The summed E-state index contributed by atoms with van der Waals surface area (Å²) < 4.78 is 11.0. The van der Waals surface area contributed by atoms with Crippen LogP contribution in [-0.4, -0.2) is 35.3 Å². The number of amides is 2. The quantitative estimate of drug-likeness (QED) is 0.766. The SMILES string of the molecule is COc1nccnc1OC1CCC(NC(=O)Nc2ccc(Cl)c(Cl)c2)CC1. The molecule has 144 valence electrons. The van der Waals surface area contributed by atoms with Crippen molar-refractivity contribution in [2.75, 3.05) is 12.4 Å². The van der Waals surface area contributed by atoms with Gasteiger partial charge in [-0.3, -0.25) is 0 Å². The van der Waals surface area contributed by atoms with E-state index in [0.717, 1.165) is 25.7 Å². The second-order valence-electron chi connectivity index (χ2n) is 6.19. The number of ether oxygens (including phenoxy) is 2. The Morgan fingerprint density at radius 2 is 1.78 bits per heavy atom. The maximum Gasteiger partial charge on any atom is 0.319 e.